The SMILES string of the molecule is C=C/C=C\C(=C/C)c1ccc2c(c1)c1cc(-c3ccccc3)ccc1n2-c1c(-c2ccccc2)cc(C(=N)N=C(N=Cc2ccc(-c3ccccc3)cc2)c2ccccc2)cc1-c1ccc(C(C)(C)C)cc1. The van der Waals surface area contributed by atoms with Gasteiger partial charge in [-0.25, -0.2) is 9.98 Å². The molecule has 0 amide bonds. The summed E-state index contributed by atoms with van der Waals surface area (Å²) >= 11 is 0. The molecule has 0 spiro atoms. The van der Waals surface area contributed by atoms with Crippen LogP contribution in [0.15, 0.2) is 259 Å². The van der Waals surface area contributed by atoms with Crippen molar-refractivity contribution in [1.82, 2.24) is 4.57 Å². The van der Waals surface area contributed by atoms with Gasteiger partial charge in [0.05, 0.1) is 16.7 Å². The van der Waals surface area contributed by atoms with Crippen molar-refractivity contribution in [3.8, 4) is 50.2 Å². The van der Waals surface area contributed by atoms with Crippen LogP contribution in [0.25, 0.3) is 77.6 Å². The predicted molar refractivity (Wildman–Crippen MR) is 308 cm³/mol. The highest BCUT2D eigenvalue weighted by Crippen LogP contribution is 2.44. The van der Waals surface area contributed by atoms with Gasteiger partial charge in [-0.3, -0.25) is 5.41 Å². The summed E-state index contributed by atoms with van der Waals surface area (Å²) in [7, 11) is 0. The number of nitrogens with zero attached hydrogens (tertiary/aromatic N) is 3. The Morgan fingerprint density at radius 3 is 1.60 bits per heavy atom. The minimum atomic E-state index is -0.0405. The van der Waals surface area contributed by atoms with Gasteiger partial charge >= 0.3 is 0 Å². The molecule has 0 bridgehead atoms. The number of rotatable bonds is 11. The highest BCUT2D eigenvalue weighted by molar-refractivity contribution is 6.16. The molecule has 0 aliphatic heterocycles. The third-order valence-corrected chi connectivity index (χ3v) is 13.3. The van der Waals surface area contributed by atoms with Gasteiger partial charge in [0, 0.05) is 39.2 Å². The van der Waals surface area contributed by atoms with E-state index >= 15 is 0 Å². The van der Waals surface area contributed by atoms with E-state index in [1.807, 2.05) is 54.8 Å². The summed E-state index contributed by atoms with van der Waals surface area (Å²) in [4.78, 5) is 10.1. The van der Waals surface area contributed by atoms with Crippen LogP contribution in [0.4, 0.5) is 0 Å². The van der Waals surface area contributed by atoms with Gasteiger partial charge in [0.15, 0.2) is 11.7 Å². The third kappa shape index (κ3) is 9.76. The second-order valence-electron chi connectivity index (χ2n) is 19.0. The summed E-state index contributed by atoms with van der Waals surface area (Å²) in [6.45, 7) is 12.8. The Balaban J connectivity index is 1.21. The van der Waals surface area contributed by atoms with Crippen LogP contribution in [0.3, 0.4) is 0 Å². The average Bonchev–Trinajstić information content (AvgIpc) is 3.75. The monoisotopic (exact) mass is 928 g/mol. The predicted octanol–water partition coefficient (Wildman–Crippen LogP) is 17.8. The molecule has 10 rings (SSSR count). The summed E-state index contributed by atoms with van der Waals surface area (Å²) in [5, 5.41) is 12.2. The van der Waals surface area contributed by atoms with Crippen molar-refractivity contribution in [2.75, 3.05) is 0 Å². The molecule has 348 valence electrons. The lowest BCUT2D eigenvalue weighted by atomic mass is 9.85. The van der Waals surface area contributed by atoms with E-state index in [2.05, 4.69) is 233 Å². The smallest absolute Gasteiger partial charge is 0.161 e. The van der Waals surface area contributed by atoms with E-state index in [1.165, 1.54) is 5.56 Å². The first-order chi connectivity index (χ1) is 35.2. The molecule has 9 aromatic carbocycles. The number of hydrogen-bond donors (Lipinski definition) is 1. The summed E-state index contributed by atoms with van der Waals surface area (Å²) in [5.41, 5.74) is 17.6. The lowest BCUT2D eigenvalue weighted by Gasteiger charge is -2.22. The van der Waals surface area contributed by atoms with E-state index in [1.54, 1.807) is 0 Å². The molecule has 4 heteroatoms. The normalized spacial score (nSPS) is 12.3. The van der Waals surface area contributed by atoms with E-state index in [0.717, 1.165) is 94.3 Å². The third-order valence-electron chi connectivity index (χ3n) is 13.3. The van der Waals surface area contributed by atoms with Crippen LogP contribution < -0.4 is 0 Å². The number of benzene rings is 9. The first-order valence-electron chi connectivity index (χ1n) is 24.5. The summed E-state index contributed by atoms with van der Waals surface area (Å²) < 4.78 is 2.44. The van der Waals surface area contributed by atoms with E-state index in [9.17, 15) is 5.41 Å². The summed E-state index contributed by atoms with van der Waals surface area (Å²) in [6, 6.07) is 76.7. The van der Waals surface area contributed by atoms with Gasteiger partial charge in [-0.05, 0) is 104 Å². The van der Waals surface area contributed by atoms with Crippen LogP contribution in [0.5, 0.6) is 0 Å². The fourth-order valence-corrected chi connectivity index (χ4v) is 9.46. The maximum atomic E-state index is 9.91. The van der Waals surface area contributed by atoms with Crippen molar-refractivity contribution in [2.24, 2.45) is 9.98 Å². The number of fused-ring (bicyclic) bond motifs is 3. The maximum Gasteiger partial charge on any atom is 0.161 e. The first kappa shape index (κ1) is 46.7. The van der Waals surface area contributed by atoms with Gasteiger partial charge in [-0.15, -0.1) is 0 Å². The van der Waals surface area contributed by atoms with E-state index in [0.29, 0.717) is 11.4 Å². The molecule has 0 fully saturated rings. The Kier molecular flexibility index (Phi) is 13.3. The molecule has 0 aliphatic rings. The minimum Gasteiger partial charge on any atom is -0.308 e. The fraction of sp³-hybridized carbons (Fsp3) is 0.0735. The Labute approximate surface area is 423 Å². The molecule has 0 atom stereocenters. The molecule has 4 nitrogen and oxygen atoms in total. The fourth-order valence-electron chi connectivity index (χ4n) is 9.46. The van der Waals surface area contributed by atoms with Crippen molar-refractivity contribution >= 4 is 45.3 Å². The Morgan fingerprint density at radius 1 is 0.514 bits per heavy atom. The molecule has 0 saturated carbocycles. The molecule has 0 unspecified atom stereocenters. The van der Waals surface area contributed by atoms with Gasteiger partial charge in [-0.1, -0.05) is 234 Å². The van der Waals surface area contributed by atoms with Crippen LogP contribution in [-0.2, 0) is 5.41 Å². The topological polar surface area (TPSA) is 53.5 Å². The molecular weight excluding hydrogens is 873 g/mol. The number of aliphatic imine (C=N–C) groups is 2. The molecular formula is C68H56N4. The zero-order chi connectivity index (χ0) is 49.6. The van der Waals surface area contributed by atoms with Crippen LogP contribution in [0.2, 0.25) is 0 Å². The lowest BCUT2D eigenvalue weighted by molar-refractivity contribution is 0.590. The molecule has 0 radical (unpaired) electrons. The number of amidine groups is 2. The highest BCUT2D eigenvalue weighted by Gasteiger charge is 2.24. The molecule has 72 heavy (non-hydrogen) atoms. The van der Waals surface area contributed by atoms with Crippen LogP contribution in [-0.4, -0.2) is 22.5 Å². The summed E-state index contributed by atoms with van der Waals surface area (Å²) in [6.07, 6.45) is 9.90. The van der Waals surface area contributed by atoms with Crippen LogP contribution in [0, 0.1) is 5.41 Å². The number of allylic oxidation sites excluding steroid dienone is 5. The minimum absolute atomic E-state index is 0.0405. The Bertz CT molecular complexity index is 3700. The zero-order valence-corrected chi connectivity index (χ0v) is 41.2. The van der Waals surface area contributed by atoms with Gasteiger partial charge in [0.25, 0.3) is 0 Å². The second-order valence-corrected chi connectivity index (χ2v) is 19.0. The molecule has 0 saturated heterocycles. The maximum absolute atomic E-state index is 9.91. The highest BCUT2D eigenvalue weighted by atomic mass is 15.0. The van der Waals surface area contributed by atoms with Crippen molar-refractivity contribution < 1.29 is 0 Å². The second kappa shape index (κ2) is 20.5. The summed E-state index contributed by atoms with van der Waals surface area (Å²) in [5.74, 6) is 0.553. The van der Waals surface area contributed by atoms with Crippen molar-refractivity contribution in [2.45, 2.75) is 33.1 Å². The van der Waals surface area contributed by atoms with Gasteiger partial charge in [0.1, 0.15) is 0 Å². The number of nitrogens with one attached hydrogen (secondary N) is 1. The lowest BCUT2D eigenvalue weighted by Crippen LogP contribution is -2.10. The largest absolute Gasteiger partial charge is 0.308 e. The molecule has 0 aliphatic carbocycles. The zero-order valence-electron chi connectivity index (χ0n) is 41.2. The Hall–Kier alpha value is -8.99. The molecule has 1 aromatic heterocycles. The van der Waals surface area contributed by atoms with E-state index in [4.69, 9.17) is 9.98 Å². The van der Waals surface area contributed by atoms with Crippen LogP contribution >= 0.6 is 0 Å². The van der Waals surface area contributed by atoms with Gasteiger partial charge < -0.3 is 4.57 Å². The van der Waals surface area contributed by atoms with Gasteiger partial charge in [-0.2, -0.15) is 0 Å². The first-order valence-corrected chi connectivity index (χ1v) is 24.5. The quantitative estimate of drug-likeness (QED) is 0.0763. The molecule has 1 heterocycles. The van der Waals surface area contributed by atoms with Gasteiger partial charge in [0.2, 0.25) is 0 Å². The van der Waals surface area contributed by atoms with E-state index < -0.39 is 0 Å². The molecule has 10 aromatic rings. The van der Waals surface area contributed by atoms with E-state index in [-0.39, 0.29) is 11.3 Å². The molecule has 1 N–H and O–H groups in total. The van der Waals surface area contributed by atoms with Crippen molar-refractivity contribution in [3.63, 3.8) is 0 Å². The standard InChI is InChI=1S/C68H56N4/c1-6-8-21-48(7-2)55-36-40-63-61(42-55)62-43-56(50-24-15-10-16-25-50)37-41-64(62)72(63)65-59(52-26-17-11-18-27-52)44-57(45-60(65)53-34-38-58(39-35-53)68(3,4)5)66(69)71-67(54-28-19-12-20-29-54)70-46-47-30-32-51(33-31-47)49-22-13-9-14-23-49/h6-46,69H,1H2,2-5H3/b21-8-,48-7+,69-66?,70-46?,71-67?. The van der Waals surface area contributed by atoms with Crippen molar-refractivity contribution in [1.29, 1.82) is 5.41 Å². The average molecular weight is 929 g/mol. The Morgan fingerprint density at radius 2 is 1.01 bits per heavy atom. The number of hydrogen-bond acceptors (Lipinski definition) is 1. The van der Waals surface area contributed by atoms with Crippen LogP contribution in [0.1, 0.15) is 55.5 Å². The number of aromatic nitrogens is 1. The van der Waals surface area contributed by atoms with Crippen molar-refractivity contribution in [3.05, 3.63) is 277 Å².